The molecular formula is C23H28BrClN2O4S. The van der Waals surface area contributed by atoms with Crippen LogP contribution in [0.5, 0.6) is 17.2 Å². The molecule has 2 rings (SSSR count). The van der Waals surface area contributed by atoms with Crippen molar-refractivity contribution in [3.63, 3.8) is 0 Å². The van der Waals surface area contributed by atoms with Crippen molar-refractivity contribution in [2.75, 3.05) is 20.8 Å². The number of unbranched alkanes of at least 4 members (excludes halogenated alkanes) is 3. The van der Waals surface area contributed by atoms with Gasteiger partial charge in [-0.25, -0.2) is 0 Å². The first kappa shape index (κ1) is 26.2. The number of hydrogen-bond acceptors (Lipinski definition) is 5. The third-order valence-corrected chi connectivity index (χ3v) is 5.89. The molecule has 9 heteroatoms. The fourth-order valence-electron chi connectivity index (χ4n) is 2.90. The molecule has 0 saturated heterocycles. The fraction of sp³-hybridized carbons (Fsp3) is 0.391. The molecule has 1 amide bonds. The predicted octanol–water partition coefficient (Wildman–Crippen LogP) is 5.88. The number of ether oxygens (including phenoxy) is 3. The molecule has 0 spiro atoms. The topological polar surface area (TPSA) is 68.8 Å². The van der Waals surface area contributed by atoms with Crippen LogP contribution in [0.4, 0.5) is 0 Å². The minimum Gasteiger partial charge on any atom is -0.493 e. The number of hydrogen-bond donors (Lipinski definition) is 2. The summed E-state index contributed by atoms with van der Waals surface area (Å²) in [4.78, 5) is 12.6. The first-order chi connectivity index (χ1) is 15.4. The average molecular weight is 544 g/mol. The average Bonchev–Trinajstić information content (AvgIpc) is 2.78. The Morgan fingerprint density at radius 1 is 1.06 bits per heavy atom. The number of amides is 1. The van der Waals surface area contributed by atoms with E-state index in [-0.39, 0.29) is 11.0 Å². The monoisotopic (exact) mass is 542 g/mol. The lowest BCUT2D eigenvalue weighted by atomic mass is 10.2. The summed E-state index contributed by atoms with van der Waals surface area (Å²) in [5, 5.41) is 6.34. The number of rotatable bonds is 11. The maximum Gasteiger partial charge on any atom is 0.257 e. The number of carbonyl (C=O) groups is 1. The van der Waals surface area contributed by atoms with Crippen LogP contribution >= 0.6 is 39.7 Å². The molecule has 0 aromatic heterocycles. The maximum atomic E-state index is 12.6. The number of carbonyl (C=O) groups excluding carboxylic acids is 1. The number of methoxy groups -OCH3 is 2. The van der Waals surface area contributed by atoms with Gasteiger partial charge < -0.3 is 19.5 Å². The SMILES string of the molecule is CCCCCCOc1ccc(C(=O)NC(=S)NCc2cc(OC)c(OC)cc2Cl)cc1Br. The Bertz CT molecular complexity index is 942. The summed E-state index contributed by atoms with van der Waals surface area (Å²) in [6.45, 7) is 3.14. The van der Waals surface area contributed by atoms with E-state index in [4.69, 9.17) is 38.0 Å². The Morgan fingerprint density at radius 2 is 1.78 bits per heavy atom. The predicted molar refractivity (Wildman–Crippen MR) is 135 cm³/mol. The summed E-state index contributed by atoms with van der Waals surface area (Å²) in [6.07, 6.45) is 4.54. The number of nitrogens with one attached hydrogen (secondary N) is 2. The molecule has 0 aliphatic rings. The minimum atomic E-state index is -0.323. The van der Waals surface area contributed by atoms with Crippen molar-refractivity contribution in [1.82, 2.24) is 10.6 Å². The molecule has 2 aromatic carbocycles. The largest absolute Gasteiger partial charge is 0.493 e. The second-order valence-electron chi connectivity index (χ2n) is 6.99. The van der Waals surface area contributed by atoms with Gasteiger partial charge in [0.25, 0.3) is 5.91 Å². The van der Waals surface area contributed by atoms with E-state index in [2.05, 4.69) is 33.5 Å². The number of thiocarbonyl (C=S) groups is 1. The summed E-state index contributed by atoms with van der Waals surface area (Å²) < 4.78 is 17.0. The van der Waals surface area contributed by atoms with Crippen LogP contribution in [0.3, 0.4) is 0 Å². The lowest BCUT2D eigenvalue weighted by Gasteiger charge is -2.14. The molecule has 0 atom stereocenters. The van der Waals surface area contributed by atoms with Crippen molar-refractivity contribution in [3.8, 4) is 17.2 Å². The van der Waals surface area contributed by atoms with E-state index in [1.807, 2.05) is 0 Å². The Kier molecular flexibility index (Phi) is 11.1. The minimum absolute atomic E-state index is 0.188. The lowest BCUT2D eigenvalue weighted by Crippen LogP contribution is -2.38. The Hall–Kier alpha value is -2.03. The smallest absolute Gasteiger partial charge is 0.257 e. The third-order valence-electron chi connectivity index (χ3n) is 4.67. The molecular weight excluding hydrogens is 516 g/mol. The molecule has 174 valence electrons. The highest BCUT2D eigenvalue weighted by Crippen LogP contribution is 2.33. The van der Waals surface area contributed by atoms with Crippen molar-refractivity contribution in [1.29, 1.82) is 0 Å². The third kappa shape index (κ3) is 7.83. The first-order valence-corrected chi connectivity index (χ1v) is 11.9. The zero-order valence-corrected chi connectivity index (χ0v) is 21.6. The van der Waals surface area contributed by atoms with Crippen molar-refractivity contribution in [2.24, 2.45) is 0 Å². The van der Waals surface area contributed by atoms with Crippen molar-refractivity contribution in [2.45, 2.75) is 39.2 Å². The molecule has 0 bridgehead atoms. The first-order valence-electron chi connectivity index (χ1n) is 10.3. The van der Waals surface area contributed by atoms with Gasteiger partial charge in [-0.3, -0.25) is 10.1 Å². The Morgan fingerprint density at radius 3 is 2.44 bits per heavy atom. The van der Waals surface area contributed by atoms with Crippen molar-refractivity contribution >= 4 is 50.8 Å². The van der Waals surface area contributed by atoms with Crippen LogP contribution in [0.2, 0.25) is 5.02 Å². The highest BCUT2D eigenvalue weighted by molar-refractivity contribution is 9.10. The van der Waals surface area contributed by atoms with Crippen LogP contribution < -0.4 is 24.8 Å². The Labute approximate surface area is 208 Å². The number of halogens is 2. The van der Waals surface area contributed by atoms with Gasteiger partial charge in [-0.05, 0) is 64.4 Å². The molecule has 2 aromatic rings. The second kappa shape index (κ2) is 13.5. The van der Waals surface area contributed by atoms with Gasteiger partial charge >= 0.3 is 0 Å². The zero-order valence-electron chi connectivity index (χ0n) is 18.4. The van der Waals surface area contributed by atoms with E-state index < -0.39 is 0 Å². The second-order valence-corrected chi connectivity index (χ2v) is 8.66. The van der Waals surface area contributed by atoms with E-state index in [1.54, 1.807) is 44.6 Å². The van der Waals surface area contributed by atoms with Crippen LogP contribution in [0, 0.1) is 0 Å². The molecule has 0 unspecified atom stereocenters. The summed E-state index contributed by atoms with van der Waals surface area (Å²) in [5.41, 5.74) is 1.22. The van der Waals surface area contributed by atoms with E-state index in [1.165, 1.54) is 12.8 Å². The molecule has 0 radical (unpaired) electrons. The summed E-state index contributed by atoms with van der Waals surface area (Å²) in [6, 6.07) is 8.62. The van der Waals surface area contributed by atoms with Crippen LogP contribution in [0.15, 0.2) is 34.8 Å². The van der Waals surface area contributed by atoms with Crippen molar-refractivity contribution in [3.05, 3.63) is 51.0 Å². The normalized spacial score (nSPS) is 10.4. The highest BCUT2D eigenvalue weighted by atomic mass is 79.9. The standard InChI is InChI=1S/C23H28BrClN2O4S/c1-4-5-6-7-10-31-19-9-8-15(11-17(19)24)22(28)27-23(32)26-14-16-12-20(29-2)21(30-3)13-18(16)25/h8-9,11-13H,4-7,10,14H2,1-3H3,(H2,26,27,28,32). The van der Waals surface area contributed by atoms with Gasteiger partial charge in [0, 0.05) is 23.2 Å². The van der Waals surface area contributed by atoms with Gasteiger partial charge in [-0.1, -0.05) is 37.8 Å². The van der Waals surface area contributed by atoms with Crippen LogP contribution in [0.1, 0.15) is 48.5 Å². The van der Waals surface area contributed by atoms with E-state index in [0.717, 1.165) is 22.9 Å². The van der Waals surface area contributed by atoms with Crippen LogP contribution in [0.25, 0.3) is 0 Å². The van der Waals surface area contributed by atoms with Crippen LogP contribution in [-0.4, -0.2) is 31.8 Å². The number of benzene rings is 2. The molecule has 0 aliphatic heterocycles. The molecule has 0 heterocycles. The summed E-state index contributed by atoms with van der Waals surface area (Å²) in [7, 11) is 3.09. The fourth-order valence-corrected chi connectivity index (χ4v) is 3.78. The molecule has 0 fully saturated rings. The van der Waals surface area contributed by atoms with Gasteiger partial charge in [0.05, 0.1) is 25.3 Å². The molecule has 6 nitrogen and oxygen atoms in total. The molecule has 2 N–H and O–H groups in total. The quantitative estimate of drug-likeness (QED) is 0.272. The van der Waals surface area contributed by atoms with E-state index in [0.29, 0.717) is 41.0 Å². The van der Waals surface area contributed by atoms with Gasteiger partial charge in [-0.2, -0.15) is 0 Å². The maximum absolute atomic E-state index is 12.6. The van der Waals surface area contributed by atoms with Gasteiger partial charge in [0.1, 0.15) is 5.75 Å². The zero-order chi connectivity index (χ0) is 23.5. The van der Waals surface area contributed by atoms with E-state index >= 15 is 0 Å². The lowest BCUT2D eigenvalue weighted by molar-refractivity contribution is 0.0976. The summed E-state index contributed by atoms with van der Waals surface area (Å²) >= 11 is 15.0. The highest BCUT2D eigenvalue weighted by Gasteiger charge is 2.13. The van der Waals surface area contributed by atoms with Gasteiger partial charge in [0.2, 0.25) is 0 Å². The molecule has 0 saturated carbocycles. The molecule has 0 aliphatic carbocycles. The van der Waals surface area contributed by atoms with Crippen LogP contribution in [-0.2, 0) is 6.54 Å². The summed E-state index contributed by atoms with van der Waals surface area (Å²) in [5.74, 6) is 1.48. The van der Waals surface area contributed by atoms with Crippen molar-refractivity contribution < 1.29 is 19.0 Å². The molecule has 32 heavy (non-hydrogen) atoms. The van der Waals surface area contributed by atoms with E-state index in [9.17, 15) is 4.79 Å². The Balaban J connectivity index is 1.90. The van der Waals surface area contributed by atoms with Gasteiger partial charge in [-0.15, -0.1) is 0 Å². The van der Waals surface area contributed by atoms with Gasteiger partial charge in [0.15, 0.2) is 16.6 Å².